The highest BCUT2D eigenvalue weighted by atomic mass is 16.5. The van der Waals surface area contributed by atoms with Crippen LogP contribution in [0.3, 0.4) is 0 Å². The molecule has 0 fully saturated rings. The molecule has 0 bridgehead atoms. The molecule has 0 aliphatic rings. The molecule has 0 aromatic carbocycles. The molecule has 8 N–H and O–H groups in total. The summed E-state index contributed by atoms with van der Waals surface area (Å²) in [5.41, 5.74) is 0. The molecule has 0 amide bonds. The topological polar surface area (TPSA) is 129 Å². The largest absolute Gasteiger partial charge is 0.394 e. The lowest BCUT2D eigenvalue weighted by molar-refractivity contribution is -0.0620. The van der Waals surface area contributed by atoms with Crippen LogP contribution < -0.4 is 12.3 Å². The van der Waals surface area contributed by atoms with E-state index < -0.39 is 6.10 Å². The first-order chi connectivity index (χ1) is 6.06. The first-order valence-electron chi connectivity index (χ1n) is 4.58. The molecule has 3 unspecified atom stereocenters. The Morgan fingerprint density at radius 2 is 1.40 bits per heavy atom. The molecule has 0 rings (SSSR count). The van der Waals surface area contributed by atoms with Gasteiger partial charge in [-0.3, -0.25) is 0 Å². The maximum atomic E-state index is 8.92. The standard InChI is InChI=1S/C9H20O4.2H3N/c1-7(11)5-12-9(3)6-13-8(2)4-10;;/h7-11H,4-6H2,1-3H3;2*1H3. The van der Waals surface area contributed by atoms with Crippen LogP contribution in [0, 0.1) is 0 Å². The lowest BCUT2D eigenvalue weighted by Gasteiger charge is -2.16. The highest BCUT2D eigenvalue weighted by Crippen LogP contribution is 1.97. The second-order valence-corrected chi connectivity index (χ2v) is 3.32. The minimum Gasteiger partial charge on any atom is -0.394 e. The van der Waals surface area contributed by atoms with E-state index in [0.29, 0.717) is 13.2 Å². The van der Waals surface area contributed by atoms with Crippen LogP contribution in [-0.2, 0) is 9.47 Å². The van der Waals surface area contributed by atoms with Crippen molar-refractivity contribution in [2.45, 2.75) is 39.1 Å². The van der Waals surface area contributed by atoms with Gasteiger partial charge in [0.25, 0.3) is 0 Å². The van der Waals surface area contributed by atoms with Gasteiger partial charge in [-0.25, -0.2) is 0 Å². The summed E-state index contributed by atoms with van der Waals surface area (Å²) in [5.74, 6) is 0. The van der Waals surface area contributed by atoms with Gasteiger partial charge < -0.3 is 32.0 Å². The van der Waals surface area contributed by atoms with E-state index in [0.717, 1.165) is 0 Å². The van der Waals surface area contributed by atoms with E-state index in [4.69, 9.17) is 19.7 Å². The van der Waals surface area contributed by atoms with Crippen molar-refractivity contribution < 1.29 is 19.7 Å². The Hall–Kier alpha value is -0.240. The Morgan fingerprint density at radius 1 is 0.933 bits per heavy atom. The minimum absolute atomic E-state index is 0. The SMILES string of the molecule is CC(O)COC(C)COC(C)CO.N.N. The molecule has 3 atom stereocenters. The van der Waals surface area contributed by atoms with E-state index in [-0.39, 0.29) is 31.1 Å². The maximum Gasteiger partial charge on any atom is 0.0781 e. The Kier molecular flexibility index (Phi) is 15.9. The van der Waals surface area contributed by atoms with Crippen LogP contribution in [0.4, 0.5) is 0 Å². The normalized spacial score (nSPS) is 15.8. The molecule has 15 heavy (non-hydrogen) atoms. The van der Waals surface area contributed by atoms with Crippen LogP contribution in [0.5, 0.6) is 0 Å². The Bertz CT molecular complexity index is 125. The monoisotopic (exact) mass is 226 g/mol. The van der Waals surface area contributed by atoms with Crippen molar-refractivity contribution in [3.8, 4) is 0 Å². The molecule has 0 heterocycles. The average molecular weight is 226 g/mol. The van der Waals surface area contributed by atoms with Crippen LogP contribution in [0.2, 0.25) is 0 Å². The zero-order chi connectivity index (χ0) is 10.3. The Balaban J connectivity index is -0.000000720. The van der Waals surface area contributed by atoms with Crippen LogP contribution in [0.15, 0.2) is 0 Å². The van der Waals surface area contributed by atoms with Gasteiger partial charge in [0.2, 0.25) is 0 Å². The molecular weight excluding hydrogens is 200 g/mol. The molecule has 6 heteroatoms. The first kappa shape index (κ1) is 20.2. The Morgan fingerprint density at radius 3 is 1.80 bits per heavy atom. The average Bonchev–Trinajstić information content (AvgIpc) is 2.10. The summed E-state index contributed by atoms with van der Waals surface area (Å²) in [7, 11) is 0. The zero-order valence-corrected chi connectivity index (χ0v) is 9.98. The number of hydrogen-bond acceptors (Lipinski definition) is 6. The van der Waals surface area contributed by atoms with Crippen molar-refractivity contribution in [2.75, 3.05) is 19.8 Å². The third-order valence-electron chi connectivity index (χ3n) is 1.49. The molecule has 0 spiro atoms. The predicted octanol–water partition coefficient (Wildman–Crippen LogP) is 0.494. The van der Waals surface area contributed by atoms with Gasteiger partial charge in [0, 0.05) is 0 Å². The van der Waals surface area contributed by atoms with Crippen molar-refractivity contribution in [1.29, 1.82) is 0 Å². The van der Waals surface area contributed by atoms with Gasteiger partial charge in [0.05, 0.1) is 38.1 Å². The number of aliphatic hydroxyl groups is 2. The highest BCUT2D eigenvalue weighted by molar-refractivity contribution is 4.52. The van der Waals surface area contributed by atoms with Gasteiger partial charge in [-0.05, 0) is 20.8 Å². The van der Waals surface area contributed by atoms with E-state index in [9.17, 15) is 0 Å². The minimum atomic E-state index is -0.447. The zero-order valence-electron chi connectivity index (χ0n) is 9.98. The van der Waals surface area contributed by atoms with Crippen molar-refractivity contribution >= 4 is 0 Å². The van der Waals surface area contributed by atoms with Gasteiger partial charge in [-0.15, -0.1) is 0 Å². The first-order valence-corrected chi connectivity index (χ1v) is 4.58. The molecule has 0 radical (unpaired) electrons. The molecule has 0 aromatic rings. The maximum absolute atomic E-state index is 8.92. The molecule has 0 aromatic heterocycles. The number of hydrogen-bond donors (Lipinski definition) is 4. The summed E-state index contributed by atoms with van der Waals surface area (Å²) < 4.78 is 10.5. The summed E-state index contributed by atoms with van der Waals surface area (Å²) in [6, 6.07) is 0. The van der Waals surface area contributed by atoms with E-state index in [1.807, 2.05) is 6.92 Å². The third kappa shape index (κ3) is 13.8. The summed E-state index contributed by atoms with van der Waals surface area (Å²) >= 11 is 0. The van der Waals surface area contributed by atoms with E-state index in [1.165, 1.54) is 0 Å². The summed E-state index contributed by atoms with van der Waals surface area (Å²) in [6.45, 7) is 6.10. The second-order valence-electron chi connectivity index (χ2n) is 3.32. The second kappa shape index (κ2) is 11.8. The van der Waals surface area contributed by atoms with Crippen molar-refractivity contribution in [2.24, 2.45) is 0 Å². The molecule has 0 aliphatic carbocycles. The van der Waals surface area contributed by atoms with E-state index >= 15 is 0 Å². The van der Waals surface area contributed by atoms with Gasteiger partial charge in [-0.2, -0.15) is 0 Å². The fraction of sp³-hybridized carbons (Fsp3) is 1.00. The molecule has 6 nitrogen and oxygen atoms in total. The summed E-state index contributed by atoms with van der Waals surface area (Å²) in [5, 5.41) is 17.6. The fourth-order valence-corrected chi connectivity index (χ4v) is 0.704. The molecular formula is C9H26N2O4. The van der Waals surface area contributed by atoms with Crippen LogP contribution in [0.1, 0.15) is 20.8 Å². The smallest absolute Gasteiger partial charge is 0.0781 e. The molecule has 0 saturated heterocycles. The number of aliphatic hydroxyl groups excluding tert-OH is 2. The molecule has 0 saturated carbocycles. The van der Waals surface area contributed by atoms with Gasteiger partial charge in [0.1, 0.15) is 0 Å². The van der Waals surface area contributed by atoms with Crippen LogP contribution >= 0.6 is 0 Å². The third-order valence-corrected chi connectivity index (χ3v) is 1.49. The summed E-state index contributed by atoms with van der Waals surface area (Å²) in [4.78, 5) is 0. The lowest BCUT2D eigenvalue weighted by atomic mass is 10.4. The molecule has 0 aliphatic heterocycles. The van der Waals surface area contributed by atoms with Crippen molar-refractivity contribution in [3.05, 3.63) is 0 Å². The lowest BCUT2D eigenvalue weighted by Crippen LogP contribution is -2.24. The quantitative estimate of drug-likeness (QED) is 0.500. The highest BCUT2D eigenvalue weighted by Gasteiger charge is 2.06. The number of rotatable bonds is 7. The van der Waals surface area contributed by atoms with Crippen LogP contribution in [0.25, 0.3) is 0 Å². The predicted molar refractivity (Wildman–Crippen MR) is 59.6 cm³/mol. The van der Waals surface area contributed by atoms with Gasteiger partial charge in [0.15, 0.2) is 0 Å². The molecule has 96 valence electrons. The summed E-state index contributed by atoms with van der Waals surface area (Å²) in [6.07, 6.45) is -0.654. The van der Waals surface area contributed by atoms with E-state index in [2.05, 4.69) is 0 Å². The fourth-order valence-electron chi connectivity index (χ4n) is 0.704. The van der Waals surface area contributed by atoms with Gasteiger partial charge in [-0.1, -0.05) is 0 Å². The van der Waals surface area contributed by atoms with Crippen LogP contribution in [-0.4, -0.2) is 48.3 Å². The van der Waals surface area contributed by atoms with Crippen molar-refractivity contribution in [1.82, 2.24) is 12.3 Å². The number of ether oxygens (including phenoxy) is 2. The van der Waals surface area contributed by atoms with Gasteiger partial charge >= 0.3 is 0 Å². The Labute approximate surface area is 91.7 Å². The van der Waals surface area contributed by atoms with Crippen molar-refractivity contribution in [3.63, 3.8) is 0 Å². The van der Waals surface area contributed by atoms with E-state index in [1.54, 1.807) is 13.8 Å².